The van der Waals surface area contributed by atoms with E-state index in [-0.39, 0.29) is 12.1 Å². The van der Waals surface area contributed by atoms with Crippen molar-refractivity contribution < 1.29 is 23.8 Å². The molecule has 156 valence electrons. The van der Waals surface area contributed by atoms with E-state index in [9.17, 15) is 14.3 Å². The number of ether oxygens (including phenoxy) is 2. The molecule has 2 amide bonds. The summed E-state index contributed by atoms with van der Waals surface area (Å²) in [5.41, 5.74) is 0.445. The number of nitrogens with one attached hydrogen (secondary N) is 1. The number of hydrogen-bond donors (Lipinski definition) is 2. The minimum atomic E-state index is -0.653. The van der Waals surface area contributed by atoms with E-state index in [0.29, 0.717) is 50.1 Å². The summed E-state index contributed by atoms with van der Waals surface area (Å²) >= 11 is 1.49. The Morgan fingerprint density at radius 2 is 2.28 bits per heavy atom. The standard InChI is InChI=1S/C21H25FN2O4S/c22-15-5-6-17(19(10-15)28-12-14-3-4-14)23-21(26)24-7-8-27-13-16(24)11-18(25)20-2-1-9-29-20/h1-2,5-6,9-10,14,16,18,25H,3-4,7-8,11-13H2,(H,23,26). The third-order valence-electron chi connectivity index (χ3n) is 5.21. The summed E-state index contributed by atoms with van der Waals surface area (Å²) in [5, 5.41) is 15.3. The number of anilines is 1. The van der Waals surface area contributed by atoms with Crippen molar-refractivity contribution >= 4 is 23.1 Å². The summed E-state index contributed by atoms with van der Waals surface area (Å²) in [6.45, 7) is 1.75. The fourth-order valence-corrected chi connectivity index (χ4v) is 4.09. The lowest BCUT2D eigenvalue weighted by molar-refractivity contribution is -0.00383. The number of halogens is 1. The largest absolute Gasteiger partial charge is 0.491 e. The second-order valence-electron chi connectivity index (χ2n) is 7.51. The van der Waals surface area contributed by atoms with Gasteiger partial charge in [-0.25, -0.2) is 9.18 Å². The molecule has 2 aliphatic rings. The third kappa shape index (κ3) is 5.26. The second kappa shape index (κ2) is 9.11. The van der Waals surface area contributed by atoms with Crippen LogP contribution < -0.4 is 10.1 Å². The summed E-state index contributed by atoms with van der Waals surface area (Å²) in [4.78, 5) is 15.5. The second-order valence-corrected chi connectivity index (χ2v) is 8.49. The zero-order valence-corrected chi connectivity index (χ0v) is 16.9. The summed E-state index contributed by atoms with van der Waals surface area (Å²) in [6.07, 6.45) is 1.99. The predicted molar refractivity (Wildman–Crippen MR) is 109 cm³/mol. The fraction of sp³-hybridized carbons (Fsp3) is 0.476. The van der Waals surface area contributed by atoms with Gasteiger partial charge in [-0.1, -0.05) is 6.07 Å². The number of hydrogen-bond acceptors (Lipinski definition) is 5. The quantitative estimate of drug-likeness (QED) is 0.709. The average Bonchev–Trinajstić information content (AvgIpc) is 3.38. The smallest absolute Gasteiger partial charge is 0.322 e. The SMILES string of the molecule is O=C(Nc1ccc(F)cc1OCC1CC1)N1CCOCC1CC(O)c1cccs1. The molecule has 2 unspecified atom stereocenters. The number of carbonyl (C=O) groups excluding carboxylic acids is 1. The number of morpholine rings is 1. The van der Waals surface area contributed by atoms with Crippen molar-refractivity contribution in [2.45, 2.75) is 31.4 Å². The number of aliphatic hydroxyl groups excluding tert-OH is 1. The van der Waals surface area contributed by atoms with Crippen LogP contribution in [0.25, 0.3) is 0 Å². The van der Waals surface area contributed by atoms with Crippen LogP contribution in [0.1, 0.15) is 30.2 Å². The minimum Gasteiger partial charge on any atom is -0.491 e. The maximum absolute atomic E-state index is 13.7. The van der Waals surface area contributed by atoms with E-state index in [0.717, 1.165) is 17.7 Å². The number of nitrogens with zero attached hydrogens (tertiary/aromatic N) is 1. The van der Waals surface area contributed by atoms with Crippen LogP contribution in [0.5, 0.6) is 5.75 Å². The summed E-state index contributed by atoms with van der Waals surface area (Å²) in [6, 6.07) is 7.34. The first-order valence-electron chi connectivity index (χ1n) is 9.89. The Hall–Kier alpha value is -2.16. The lowest BCUT2D eigenvalue weighted by Crippen LogP contribution is -2.50. The van der Waals surface area contributed by atoms with Gasteiger partial charge in [-0.15, -0.1) is 11.3 Å². The Balaban J connectivity index is 1.43. The number of rotatable bonds is 7. The van der Waals surface area contributed by atoms with Crippen molar-refractivity contribution in [1.29, 1.82) is 0 Å². The molecule has 1 aliphatic carbocycles. The molecule has 8 heteroatoms. The maximum Gasteiger partial charge on any atom is 0.322 e. The number of aliphatic hydroxyl groups is 1. The number of amides is 2. The van der Waals surface area contributed by atoms with Crippen molar-refractivity contribution in [3.05, 3.63) is 46.4 Å². The molecule has 6 nitrogen and oxygen atoms in total. The van der Waals surface area contributed by atoms with Gasteiger partial charge in [0.25, 0.3) is 0 Å². The Bertz CT molecular complexity index is 828. The highest BCUT2D eigenvalue weighted by Gasteiger charge is 2.30. The molecule has 4 rings (SSSR count). The van der Waals surface area contributed by atoms with E-state index in [4.69, 9.17) is 9.47 Å². The van der Waals surface area contributed by atoms with Gasteiger partial charge < -0.3 is 24.8 Å². The molecule has 1 aliphatic heterocycles. The molecule has 1 aromatic carbocycles. The Labute approximate surface area is 173 Å². The Morgan fingerprint density at radius 1 is 1.41 bits per heavy atom. The van der Waals surface area contributed by atoms with E-state index >= 15 is 0 Å². The van der Waals surface area contributed by atoms with Gasteiger partial charge in [-0.3, -0.25) is 0 Å². The van der Waals surface area contributed by atoms with Crippen molar-refractivity contribution in [1.82, 2.24) is 4.90 Å². The molecule has 2 N–H and O–H groups in total. The third-order valence-corrected chi connectivity index (χ3v) is 6.19. The monoisotopic (exact) mass is 420 g/mol. The summed E-state index contributed by atoms with van der Waals surface area (Å²) in [5.74, 6) is 0.454. The highest BCUT2D eigenvalue weighted by molar-refractivity contribution is 7.10. The van der Waals surface area contributed by atoms with Crippen LogP contribution in [0.2, 0.25) is 0 Å². The Morgan fingerprint density at radius 3 is 3.03 bits per heavy atom. The van der Waals surface area contributed by atoms with E-state index in [1.807, 2.05) is 17.5 Å². The normalized spacial score (nSPS) is 20.3. The van der Waals surface area contributed by atoms with Crippen LogP contribution in [0.3, 0.4) is 0 Å². The molecule has 2 atom stereocenters. The van der Waals surface area contributed by atoms with Crippen molar-refractivity contribution in [3.63, 3.8) is 0 Å². The molecule has 2 fully saturated rings. The molecule has 0 radical (unpaired) electrons. The van der Waals surface area contributed by atoms with Gasteiger partial charge in [-0.05, 0) is 42.3 Å². The van der Waals surface area contributed by atoms with Gasteiger partial charge in [0.2, 0.25) is 0 Å². The topological polar surface area (TPSA) is 71.0 Å². The highest BCUT2D eigenvalue weighted by Crippen LogP contribution is 2.33. The molecule has 1 saturated carbocycles. The molecule has 0 bridgehead atoms. The first kappa shape index (κ1) is 20.1. The molecule has 2 heterocycles. The van der Waals surface area contributed by atoms with Crippen LogP contribution in [0, 0.1) is 11.7 Å². The minimum absolute atomic E-state index is 0.253. The first-order chi connectivity index (χ1) is 14.1. The molecule has 29 heavy (non-hydrogen) atoms. The van der Waals surface area contributed by atoms with Gasteiger partial charge in [-0.2, -0.15) is 0 Å². The maximum atomic E-state index is 13.7. The van der Waals surface area contributed by atoms with Crippen molar-refractivity contribution in [2.24, 2.45) is 5.92 Å². The summed E-state index contributed by atoms with van der Waals surface area (Å²) < 4.78 is 24.9. The number of carbonyl (C=O) groups is 1. The lowest BCUT2D eigenvalue weighted by Gasteiger charge is -2.36. The number of urea groups is 1. The molecule has 2 aromatic rings. The lowest BCUT2D eigenvalue weighted by atomic mass is 10.1. The number of thiophene rings is 1. The molecular formula is C21H25FN2O4S. The van der Waals surface area contributed by atoms with Crippen LogP contribution in [-0.4, -0.2) is 48.4 Å². The van der Waals surface area contributed by atoms with Crippen LogP contribution in [0.15, 0.2) is 35.7 Å². The van der Waals surface area contributed by atoms with E-state index < -0.39 is 11.9 Å². The van der Waals surface area contributed by atoms with E-state index in [1.54, 1.807) is 4.90 Å². The van der Waals surface area contributed by atoms with Gasteiger partial charge in [0.05, 0.1) is 37.7 Å². The predicted octanol–water partition coefficient (Wildman–Crippen LogP) is 4.03. The first-order valence-corrected chi connectivity index (χ1v) is 10.8. The Kier molecular flexibility index (Phi) is 6.32. The van der Waals surface area contributed by atoms with Crippen molar-refractivity contribution in [2.75, 3.05) is 31.7 Å². The van der Waals surface area contributed by atoms with Crippen molar-refractivity contribution in [3.8, 4) is 5.75 Å². The van der Waals surface area contributed by atoms with Gasteiger partial charge >= 0.3 is 6.03 Å². The van der Waals surface area contributed by atoms with Gasteiger partial charge in [0, 0.05) is 23.9 Å². The molecular weight excluding hydrogens is 395 g/mol. The van der Waals surface area contributed by atoms with Gasteiger partial charge in [0.15, 0.2) is 0 Å². The highest BCUT2D eigenvalue weighted by atomic mass is 32.1. The fourth-order valence-electron chi connectivity index (χ4n) is 3.37. The van der Waals surface area contributed by atoms with Crippen LogP contribution in [0.4, 0.5) is 14.9 Å². The van der Waals surface area contributed by atoms with Gasteiger partial charge in [0.1, 0.15) is 11.6 Å². The summed E-state index contributed by atoms with van der Waals surface area (Å²) in [7, 11) is 0. The zero-order chi connectivity index (χ0) is 20.2. The van der Waals surface area contributed by atoms with E-state index in [2.05, 4.69) is 5.32 Å². The van der Waals surface area contributed by atoms with Crippen LogP contribution in [-0.2, 0) is 4.74 Å². The molecule has 1 saturated heterocycles. The molecule has 1 aromatic heterocycles. The zero-order valence-electron chi connectivity index (χ0n) is 16.1. The number of benzene rings is 1. The molecule has 0 spiro atoms. The average molecular weight is 421 g/mol. The van der Waals surface area contributed by atoms with E-state index in [1.165, 1.54) is 29.5 Å². The van der Waals surface area contributed by atoms with Crippen LogP contribution >= 0.6 is 11.3 Å².